The monoisotopic (exact) mass is 397 g/mol. The highest BCUT2D eigenvalue weighted by Gasteiger charge is 2.21. The Hall–Kier alpha value is -1.99. The van der Waals surface area contributed by atoms with Gasteiger partial charge in [-0.1, -0.05) is 24.3 Å². The molecule has 148 valence electrons. The second kappa shape index (κ2) is 9.01. The predicted molar refractivity (Wildman–Crippen MR) is 112 cm³/mol. The second-order valence-corrected chi connectivity index (χ2v) is 8.35. The van der Waals surface area contributed by atoms with Crippen LogP contribution in [-0.2, 0) is 24.4 Å². The lowest BCUT2D eigenvalue weighted by atomic mass is 10.1. The van der Waals surface area contributed by atoms with Gasteiger partial charge in [-0.25, -0.2) is 4.98 Å². The maximum atomic E-state index is 5.82. The van der Waals surface area contributed by atoms with E-state index in [1.165, 1.54) is 11.1 Å². The average molecular weight is 398 g/mol. The number of furan rings is 1. The van der Waals surface area contributed by atoms with Crippen molar-refractivity contribution in [3.05, 3.63) is 64.9 Å². The molecule has 0 spiro atoms. The number of nitrogens with one attached hydrogen (secondary N) is 1. The summed E-state index contributed by atoms with van der Waals surface area (Å²) in [7, 11) is 0. The average Bonchev–Trinajstić information content (AvgIpc) is 3.34. The molecule has 0 amide bonds. The van der Waals surface area contributed by atoms with Crippen molar-refractivity contribution in [2.45, 2.75) is 45.7 Å². The van der Waals surface area contributed by atoms with Crippen molar-refractivity contribution in [2.75, 3.05) is 13.1 Å². The third-order valence-corrected chi connectivity index (χ3v) is 5.75. The van der Waals surface area contributed by atoms with Crippen LogP contribution < -0.4 is 5.32 Å². The van der Waals surface area contributed by atoms with E-state index >= 15 is 0 Å². The third kappa shape index (κ3) is 5.08. The summed E-state index contributed by atoms with van der Waals surface area (Å²) in [4.78, 5) is 7.10. The normalized spacial score (nSPS) is 20.5. The molecule has 5 nitrogen and oxygen atoms in total. The largest absolute Gasteiger partial charge is 0.462 e. The van der Waals surface area contributed by atoms with E-state index in [0.29, 0.717) is 12.2 Å². The smallest absolute Gasteiger partial charge is 0.162 e. The zero-order chi connectivity index (χ0) is 19.3. The number of ether oxygens (including phenoxy) is 1. The number of rotatable bonds is 7. The zero-order valence-electron chi connectivity index (χ0n) is 16.4. The van der Waals surface area contributed by atoms with Crippen LogP contribution in [0.4, 0.5) is 0 Å². The van der Waals surface area contributed by atoms with Gasteiger partial charge in [0.05, 0.1) is 24.2 Å². The Balaban J connectivity index is 1.24. The fourth-order valence-corrected chi connectivity index (χ4v) is 4.46. The summed E-state index contributed by atoms with van der Waals surface area (Å²) in [5.41, 5.74) is 3.69. The molecule has 1 aliphatic heterocycles. The SMILES string of the molecule is CC1CN(Cc2ccc(CNCc3csc(-c4ccco4)n3)cc2)CC(C)O1. The number of benzene rings is 1. The number of thiazole rings is 1. The van der Waals surface area contributed by atoms with E-state index in [9.17, 15) is 0 Å². The van der Waals surface area contributed by atoms with Crippen LogP contribution in [0.2, 0.25) is 0 Å². The van der Waals surface area contributed by atoms with Crippen molar-refractivity contribution in [1.29, 1.82) is 0 Å². The lowest BCUT2D eigenvalue weighted by molar-refractivity contribution is -0.0704. The minimum Gasteiger partial charge on any atom is -0.462 e. The third-order valence-electron chi connectivity index (χ3n) is 4.84. The van der Waals surface area contributed by atoms with Crippen LogP contribution in [0.15, 0.2) is 52.5 Å². The van der Waals surface area contributed by atoms with Gasteiger partial charge in [0.15, 0.2) is 10.8 Å². The van der Waals surface area contributed by atoms with E-state index in [2.05, 4.69) is 58.7 Å². The number of hydrogen-bond acceptors (Lipinski definition) is 6. The molecular formula is C22H27N3O2S. The molecule has 3 heterocycles. The molecule has 28 heavy (non-hydrogen) atoms. The van der Waals surface area contributed by atoms with Gasteiger partial charge in [0.2, 0.25) is 0 Å². The Morgan fingerprint density at radius 3 is 2.54 bits per heavy atom. The van der Waals surface area contributed by atoms with Crippen molar-refractivity contribution in [2.24, 2.45) is 0 Å². The van der Waals surface area contributed by atoms with E-state index in [1.807, 2.05) is 12.1 Å². The van der Waals surface area contributed by atoms with Gasteiger partial charge < -0.3 is 14.5 Å². The van der Waals surface area contributed by atoms with E-state index in [4.69, 9.17) is 9.15 Å². The van der Waals surface area contributed by atoms with E-state index in [0.717, 1.165) is 49.2 Å². The van der Waals surface area contributed by atoms with Crippen molar-refractivity contribution >= 4 is 11.3 Å². The molecule has 0 bridgehead atoms. The maximum absolute atomic E-state index is 5.82. The summed E-state index contributed by atoms with van der Waals surface area (Å²) in [6.07, 6.45) is 2.30. The van der Waals surface area contributed by atoms with Gasteiger partial charge in [-0.05, 0) is 37.1 Å². The topological polar surface area (TPSA) is 50.5 Å². The highest BCUT2D eigenvalue weighted by atomic mass is 32.1. The lowest BCUT2D eigenvalue weighted by Gasteiger charge is -2.35. The molecule has 0 saturated carbocycles. The van der Waals surface area contributed by atoms with Crippen LogP contribution >= 0.6 is 11.3 Å². The Labute approximate surface area is 170 Å². The maximum Gasteiger partial charge on any atom is 0.162 e. The molecule has 1 fully saturated rings. The van der Waals surface area contributed by atoms with Crippen LogP contribution in [0.3, 0.4) is 0 Å². The molecule has 1 N–H and O–H groups in total. The quantitative estimate of drug-likeness (QED) is 0.644. The predicted octanol–water partition coefficient (Wildman–Crippen LogP) is 4.30. The molecular weight excluding hydrogens is 370 g/mol. The summed E-state index contributed by atoms with van der Waals surface area (Å²) in [6.45, 7) is 8.87. The molecule has 4 rings (SSSR count). The van der Waals surface area contributed by atoms with Crippen LogP contribution in [0.5, 0.6) is 0 Å². The van der Waals surface area contributed by atoms with Crippen molar-refractivity contribution in [1.82, 2.24) is 15.2 Å². The fraction of sp³-hybridized carbons (Fsp3) is 0.409. The first kappa shape index (κ1) is 19.3. The number of aromatic nitrogens is 1. The van der Waals surface area contributed by atoms with E-state index in [-0.39, 0.29) is 0 Å². The van der Waals surface area contributed by atoms with E-state index in [1.54, 1.807) is 17.6 Å². The van der Waals surface area contributed by atoms with Gasteiger partial charge in [-0.15, -0.1) is 11.3 Å². The van der Waals surface area contributed by atoms with Crippen molar-refractivity contribution < 1.29 is 9.15 Å². The Morgan fingerprint density at radius 1 is 1.07 bits per heavy atom. The van der Waals surface area contributed by atoms with Gasteiger partial charge >= 0.3 is 0 Å². The van der Waals surface area contributed by atoms with Gasteiger partial charge in [0.25, 0.3) is 0 Å². The highest BCUT2D eigenvalue weighted by molar-refractivity contribution is 7.13. The zero-order valence-corrected chi connectivity index (χ0v) is 17.2. The van der Waals surface area contributed by atoms with Crippen LogP contribution in [-0.4, -0.2) is 35.2 Å². The molecule has 0 aliphatic carbocycles. The number of morpholine rings is 1. The molecule has 1 aliphatic rings. The minimum atomic E-state index is 0.311. The summed E-state index contributed by atoms with van der Waals surface area (Å²) < 4.78 is 11.2. The fourth-order valence-electron chi connectivity index (χ4n) is 3.67. The minimum absolute atomic E-state index is 0.311. The summed E-state index contributed by atoms with van der Waals surface area (Å²) in [5, 5.41) is 6.49. The molecule has 1 saturated heterocycles. The molecule has 1 aromatic carbocycles. The van der Waals surface area contributed by atoms with Crippen LogP contribution in [0.1, 0.15) is 30.7 Å². The molecule has 3 aromatic rings. The first-order chi connectivity index (χ1) is 13.7. The first-order valence-corrected chi connectivity index (χ1v) is 10.7. The highest BCUT2D eigenvalue weighted by Crippen LogP contribution is 2.23. The van der Waals surface area contributed by atoms with Gasteiger partial charge in [0, 0.05) is 38.1 Å². The van der Waals surface area contributed by atoms with E-state index < -0.39 is 0 Å². The summed E-state index contributed by atoms with van der Waals surface area (Å²) >= 11 is 1.61. The molecule has 6 heteroatoms. The van der Waals surface area contributed by atoms with Gasteiger partial charge in [-0.3, -0.25) is 4.90 Å². The van der Waals surface area contributed by atoms with Gasteiger partial charge in [-0.2, -0.15) is 0 Å². The lowest BCUT2D eigenvalue weighted by Crippen LogP contribution is -2.44. The second-order valence-electron chi connectivity index (χ2n) is 7.49. The molecule has 0 radical (unpaired) electrons. The standard InChI is InChI=1S/C22H27N3O2S/c1-16-12-25(13-17(2)27-16)14-19-7-5-18(6-8-19)10-23-11-20-15-28-22(24-20)21-4-3-9-26-21/h3-9,15-17,23H,10-14H2,1-2H3. The first-order valence-electron chi connectivity index (χ1n) is 9.80. The van der Waals surface area contributed by atoms with Crippen molar-refractivity contribution in [3.63, 3.8) is 0 Å². The summed E-state index contributed by atoms with van der Waals surface area (Å²) in [5.74, 6) is 0.830. The summed E-state index contributed by atoms with van der Waals surface area (Å²) in [6, 6.07) is 12.7. The molecule has 2 aromatic heterocycles. The number of nitrogens with zero attached hydrogens (tertiary/aromatic N) is 2. The Kier molecular flexibility index (Phi) is 6.22. The number of hydrogen-bond donors (Lipinski definition) is 1. The Morgan fingerprint density at radius 2 is 1.82 bits per heavy atom. The van der Waals surface area contributed by atoms with Gasteiger partial charge in [0.1, 0.15) is 0 Å². The van der Waals surface area contributed by atoms with Crippen LogP contribution in [0.25, 0.3) is 10.8 Å². The molecule has 2 atom stereocenters. The van der Waals surface area contributed by atoms with Crippen molar-refractivity contribution in [3.8, 4) is 10.8 Å². The molecule has 2 unspecified atom stereocenters. The van der Waals surface area contributed by atoms with Crippen LogP contribution in [0, 0.1) is 0 Å². The Bertz CT molecular complexity index is 850.